The van der Waals surface area contributed by atoms with E-state index in [2.05, 4.69) is 18.2 Å². The Balaban J connectivity index is 3.37. The van der Waals surface area contributed by atoms with E-state index in [4.69, 9.17) is 5.73 Å². The molecular formula is C6H14N2S. The molecule has 0 aromatic heterocycles. The Morgan fingerprint density at radius 3 is 2.67 bits per heavy atom. The first-order chi connectivity index (χ1) is 4.16. The van der Waals surface area contributed by atoms with Gasteiger partial charge in [-0.1, -0.05) is 13.8 Å². The highest BCUT2D eigenvalue weighted by molar-refractivity contribution is 7.98. The summed E-state index contributed by atoms with van der Waals surface area (Å²) in [7, 11) is 0. The van der Waals surface area contributed by atoms with Crippen molar-refractivity contribution in [1.82, 2.24) is 0 Å². The fourth-order valence-corrected chi connectivity index (χ4v) is 0.743. The van der Waals surface area contributed by atoms with Crippen molar-refractivity contribution in [3.05, 3.63) is 0 Å². The number of amidine groups is 1. The maximum atomic E-state index is 5.32. The Labute approximate surface area is 61.1 Å². The largest absolute Gasteiger partial charge is 0.387 e. The number of nitrogens with zero attached hydrogens (tertiary/aromatic N) is 1. The summed E-state index contributed by atoms with van der Waals surface area (Å²) < 4.78 is 4.01. The second-order valence-electron chi connectivity index (χ2n) is 2.06. The summed E-state index contributed by atoms with van der Waals surface area (Å²) in [5, 5.41) is 0.587. The van der Waals surface area contributed by atoms with Gasteiger partial charge in [0.15, 0.2) is 0 Å². The SMILES string of the molecule is CCC(C)SN=C(C)N. The minimum absolute atomic E-state index is 0.587. The van der Waals surface area contributed by atoms with Gasteiger partial charge in [0.25, 0.3) is 0 Å². The molecule has 0 aliphatic heterocycles. The molecule has 54 valence electrons. The van der Waals surface area contributed by atoms with Crippen molar-refractivity contribution in [2.24, 2.45) is 10.1 Å². The van der Waals surface area contributed by atoms with Crippen LogP contribution in [0.2, 0.25) is 0 Å². The third-order valence-corrected chi connectivity index (χ3v) is 2.04. The molecule has 0 bridgehead atoms. The van der Waals surface area contributed by atoms with E-state index in [0.717, 1.165) is 6.42 Å². The molecule has 0 saturated carbocycles. The average Bonchev–Trinajstić information content (AvgIpc) is 1.83. The standard InChI is InChI=1S/C6H14N2S/c1-4-5(2)9-8-6(3)7/h5H,4H2,1-3H3,(H2,7,8). The van der Waals surface area contributed by atoms with Crippen LogP contribution in [0.4, 0.5) is 0 Å². The molecule has 3 heteroatoms. The van der Waals surface area contributed by atoms with E-state index in [1.54, 1.807) is 18.9 Å². The van der Waals surface area contributed by atoms with Crippen molar-refractivity contribution in [2.75, 3.05) is 0 Å². The number of hydrogen-bond donors (Lipinski definition) is 1. The van der Waals surface area contributed by atoms with Gasteiger partial charge in [-0.25, -0.2) is 4.40 Å². The average molecular weight is 146 g/mol. The molecule has 0 saturated heterocycles. The van der Waals surface area contributed by atoms with Gasteiger partial charge in [0.2, 0.25) is 0 Å². The molecule has 0 aromatic carbocycles. The van der Waals surface area contributed by atoms with Crippen molar-refractivity contribution in [2.45, 2.75) is 32.4 Å². The highest BCUT2D eigenvalue weighted by Gasteiger charge is 1.95. The van der Waals surface area contributed by atoms with Gasteiger partial charge in [0, 0.05) is 5.25 Å². The molecule has 0 spiro atoms. The first-order valence-electron chi connectivity index (χ1n) is 3.12. The third kappa shape index (κ3) is 5.69. The molecule has 0 aromatic rings. The highest BCUT2D eigenvalue weighted by atomic mass is 32.2. The first-order valence-corrected chi connectivity index (χ1v) is 3.96. The Kier molecular flexibility index (Phi) is 4.58. The molecule has 1 atom stereocenters. The molecule has 1 unspecified atom stereocenters. The van der Waals surface area contributed by atoms with E-state index in [9.17, 15) is 0 Å². The molecule has 2 nitrogen and oxygen atoms in total. The lowest BCUT2D eigenvalue weighted by molar-refractivity contribution is 0.907. The molecule has 0 fully saturated rings. The molecular weight excluding hydrogens is 132 g/mol. The topological polar surface area (TPSA) is 38.4 Å². The molecule has 2 N–H and O–H groups in total. The zero-order chi connectivity index (χ0) is 7.28. The van der Waals surface area contributed by atoms with Crippen LogP contribution in [0.15, 0.2) is 4.40 Å². The lowest BCUT2D eigenvalue weighted by atomic mass is 10.4. The van der Waals surface area contributed by atoms with Gasteiger partial charge < -0.3 is 5.73 Å². The van der Waals surface area contributed by atoms with Crippen LogP contribution in [0.3, 0.4) is 0 Å². The Bertz CT molecular complexity index is 97.2. The van der Waals surface area contributed by atoms with Gasteiger partial charge in [-0.2, -0.15) is 0 Å². The van der Waals surface area contributed by atoms with Crippen LogP contribution in [0, 0.1) is 0 Å². The van der Waals surface area contributed by atoms with Gasteiger partial charge in [-0.15, -0.1) is 0 Å². The lowest BCUT2D eigenvalue weighted by Crippen LogP contribution is -2.04. The first kappa shape index (κ1) is 8.82. The van der Waals surface area contributed by atoms with Crippen LogP contribution >= 0.6 is 11.9 Å². The van der Waals surface area contributed by atoms with E-state index < -0.39 is 0 Å². The predicted molar refractivity (Wildman–Crippen MR) is 44.6 cm³/mol. The van der Waals surface area contributed by atoms with Gasteiger partial charge in [-0.05, 0) is 25.3 Å². The molecule has 0 radical (unpaired) electrons. The van der Waals surface area contributed by atoms with Crippen LogP contribution in [0.1, 0.15) is 27.2 Å². The molecule has 0 amide bonds. The van der Waals surface area contributed by atoms with Crippen molar-refractivity contribution < 1.29 is 0 Å². The number of nitrogens with two attached hydrogens (primary N) is 1. The van der Waals surface area contributed by atoms with E-state index >= 15 is 0 Å². The second kappa shape index (κ2) is 4.68. The van der Waals surface area contributed by atoms with Crippen molar-refractivity contribution in [3.63, 3.8) is 0 Å². The quantitative estimate of drug-likeness (QED) is 0.374. The Morgan fingerprint density at radius 2 is 2.33 bits per heavy atom. The summed E-state index contributed by atoms with van der Waals surface area (Å²) >= 11 is 1.55. The summed E-state index contributed by atoms with van der Waals surface area (Å²) in [4.78, 5) is 0. The summed E-state index contributed by atoms with van der Waals surface area (Å²) in [6.07, 6.45) is 1.14. The summed E-state index contributed by atoms with van der Waals surface area (Å²) in [6.45, 7) is 6.07. The molecule has 0 rings (SSSR count). The number of rotatable bonds is 3. The minimum Gasteiger partial charge on any atom is -0.387 e. The normalized spacial score (nSPS) is 15.7. The molecule has 0 aliphatic carbocycles. The summed E-state index contributed by atoms with van der Waals surface area (Å²) in [5.41, 5.74) is 5.32. The molecule has 0 aliphatic rings. The van der Waals surface area contributed by atoms with Gasteiger partial charge >= 0.3 is 0 Å². The van der Waals surface area contributed by atoms with Crippen molar-refractivity contribution in [1.29, 1.82) is 0 Å². The minimum atomic E-state index is 0.587. The molecule has 9 heavy (non-hydrogen) atoms. The third-order valence-electron chi connectivity index (χ3n) is 0.952. The predicted octanol–water partition coefficient (Wildman–Crippen LogP) is 1.81. The van der Waals surface area contributed by atoms with E-state index in [1.807, 2.05) is 0 Å². The summed E-state index contributed by atoms with van der Waals surface area (Å²) in [5.74, 6) is 0.653. The van der Waals surface area contributed by atoms with Gasteiger partial charge in [-0.3, -0.25) is 0 Å². The summed E-state index contributed by atoms with van der Waals surface area (Å²) in [6, 6.07) is 0. The fourth-order valence-electron chi connectivity index (χ4n) is 0.248. The zero-order valence-corrected chi connectivity index (χ0v) is 7.03. The Morgan fingerprint density at radius 1 is 1.78 bits per heavy atom. The van der Waals surface area contributed by atoms with Crippen molar-refractivity contribution in [3.8, 4) is 0 Å². The maximum Gasteiger partial charge on any atom is 0.104 e. The smallest absolute Gasteiger partial charge is 0.104 e. The zero-order valence-electron chi connectivity index (χ0n) is 6.22. The molecule has 0 heterocycles. The van der Waals surface area contributed by atoms with Gasteiger partial charge in [0.05, 0.1) is 0 Å². The van der Waals surface area contributed by atoms with Crippen LogP contribution < -0.4 is 5.73 Å². The highest BCUT2D eigenvalue weighted by Crippen LogP contribution is 2.13. The van der Waals surface area contributed by atoms with Gasteiger partial charge in [0.1, 0.15) is 5.84 Å². The van der Waals surface area contributed by atoms with Crippen LogP contribution in [0.25, 0.3) is 0 Å². The second-order valence-corrected chi connectivity index (χ2v) is 3.26. The van der Waals surface area contributed by atoms with E-state index in [0.29, 0.717) is 11.1 Å². The van der Waals surface area contributed by atoms with E-state index in [-0.39, 0.29) is 0 Å². The lowest BCUT2D eigenvalue weighted by Gasteiger charge is -2.00. The van der Waals surface area contributed by atoms with Crippen molar-refractivity contribution >= 4 is 17.8 Å². The van der Waals surface area contributed by atoms with Crippen LogP contribution in [0.5, 0.6) is 0 Å². The van der Waals surface area contributed by atoms with Crippen LogP contribution in [-0.4, -0.2) is 11.1 Å². The van der Waals surface area contributed by atoms with E-state index in [1.165, 1.54) is 0 Å². The number of hydrogen-bond acceptors (Lipinski definition) is 2. The van der Waals surface area contributed by atoms with Crippen LogP contribution in [-0.2, 0) is 0 Å². The fraction of sp³-hybridized carbons (Fsp3) is 0.833. The Hall–Kier alpha value is -0.180. The maximum absolute atomic E-state index is 5.32. The monoisotopic (exact) mass is 146 g/mol.